The lowest BCUT2D eigenvalue weighted by Crippen LogP contribution is -2.44. The normalized spacial score (nSPS) is 11.3. The Labute approximate surface area is 203 Å². The number of para-hydroxylation sites is 1. The summed E-state index contributed by atoms with van der Waals surface area (Å²) in [5.41, 5.74) is 2.50. The number of Topliss-reactive ketones (excluding diaryl/α,β-unsaturated/α-hetero) is 1. The van der Waals surface area contributed by atoms with Crippen molar-refractivity contribution in [2.24, 2.45) is 0 Å². The molecule has 0 bridgehead atoms. The lowest BCUT2D eigenvalue weighted by atomic mass is 10.0. The van der Waals surface area contributed by atoms with Crippen LogP contribution in [0.1, 0.15) is 16.8 Å². The van der Waals surface area contributed by atoms with Gasteiger partial charge in [-0.2, -0.15) is 11.8 Å². The number of carbonyl (C=O) groups excluding carboxylic acids is 3. The van der Waals surface area contributed by atoms with Gasteiger partial charge in [-0.3, -0.25) is 9.59 Å². The van der Waals surface area contributed by atoms with Crippen molar-refractivity contribution in [1.82, 2.24) is 5.32 Å². The molecule has 0 aliphatic carbocycles. The van der Waals surface area contributed by atoms with Crippen LogP contribution in [0.25, 0.3) is 11.1 Å². The molecule has 0 spiro atoms. The first-order valence-electron chi connectivity index (χ1n) is 10.9. The first-order valence-corrected chi connectivity index (χ1v) is 12.3. The minimum atomic E-state index is -0.854. The van der Waals surface area contributed by atoms with E-state index in [9.17, 15) is 14.4 Å². The Hall–Kier alpha value is -3.58. The summed E-state index contributed by atoms with van der Waals surface area (Å²) in [6.45, 7) is -0.616. The van der Waals surface area contributed by atoms with E-state index >= 15 is 0 Å². The van der Waals surface area contributed by atoms with E-state index < -0.39 is 24.5 Å². The third-order valence-electron chi connectivity index (χ3n) is 5.00. The molecule has 0 aliphatic heterocycles. The topological polar surface area (TPSA) is 81.7 Å². The zero-order chi connectivity index (χ0) is 24.2. The van der Waals surface area contributed by atoms with Gasteiger partial charge in [0, 0.05) is 5.56 Å². The Balaban J connectivity index is 1.52. The van der Waals surface area contributed by atoms with E-state index in [2.05, 4.69) is 5.32 Å². The number of amides is 1. The van der Waals surface area contributed by atoms with Crippen LogP contribution in [0.2, 0.25) is 0 Å². The number of ether oxygens (including phenoxy) is 2. The van der Waals surface area contributed by atoms with Crippen molar-refractivity contribution in [2.45, 2.75) is 12.5 Å². The molecule has 7 heteroatoms. The number of hydrogen-bond acceptors (Lipinski definition) is 6. The smallest absolute Gasteiger partial charge is 0.329 e. The molecule has 1 N–H and O–H groups in total. The van der Waals surface area contributed by atoms with Crippen LogP contribution in [0.5, 0.6) is 5.75 Å². The maximum atomic E-state index is 12.6. The number of thioether (sulfide) groups is 1. The predicted octanol–water partition coefficient (Wildman–Crippen LogP) is 4.40. The minimum Gasteiger partial charge on any atom is -0.484 e. The molecular formula is C27H27NO5S. The number of ketones is 1. The van der Waals surface area contributed by atoms with E-state index in [0.29, 0.717) is 23.5 Å². The van der Waals surface area contributed by atoms with E-state index in [1.54, 1.807) is 48.2 Å². The van der Waals surface area contributed by atoms with E-state index in [4.69, 9.17) is 9.47 Å². The van der Waals surface area contributed by atoms with Crippen LogP contribution in [0, 0.1) is 0 Å². The third kappa shape index (κ3) is 7.78. The molecule has 0 fully saturated rings. The second kappa shape index (κ2) is 13.2. The van der Waals surface area contributed by atoms with Crippen LogP contribution < -0.4 is 10.1 Å². The highest BCUT2D eigenvalue weighted by atomic mass is 32.2. The Morgan fingerprint density at radius 1 is 0.824 bits per heavy atom. The SMILES string of the molecule is CSCCC(NC(=O)COc1ccccc1)C(=O)OCC(=O)c1ccc(-c2ccccc2)cc1. The van der Waals surface area contributed by atoms with Gasteiger partial charge in [0.1, 0.15) is 11.8 Å². The summed E-state index contributed by atoms with van der Waals surface area (Å²) in [5, 5.41) is 2.65. The van der Waals surface area contributed by atoms with Gasteiger partial charge < -0.3 is 14.8 Å². The maximum Gasteiger partial charge on any atom is 0.329 e. The third-order valence-corrected chi connectivity index (χ3v) is 5.65. The number of benzene rings is 3. The molecule has 0 aliphatic rings. The molecule has 1 unspecified atom stereocenters. The highest BCUT2D eigenvalue weighted by molar-refractivity contribution is 7.98. The largest absolute Gasteiger partial charge is 0.484 e. The Bertz CT molecular complexity index is 1070. The van der Waals surface area contributed by atoms with Gasteiger partial charge in [-0.15, -0.1) is 0 Å². The van der Waals surface area contributed by atoms with Crippen molar-refractivity contribution < 1.29 is 23.9 Å². The van der Waals surface area contributed by atoms with Gasteiger partial charge >= 0.3 is 5.97 Å². The highest BCUT2D eigenvalue weighted by Crippen LogP contribution is 2.19. The summed E-state index contributed by atoms with van der Waals surface area (Å²) in [7, 11) is 0. The minimum absolute atomic E-state index is 0.222. The standard InChI is InChI=1S/C27H27NO5S/c1-34-17-16-24(28-26(30)19-32-23-10-6-3-7-11-23)27(31)33-18-25(29)22-14-12-21(13-15-22)20-8-4-2-5-9-20/h2-15,24H,16-19H2,1H3,(H,28,30). The van der Waals surface area contributed by atoms with Crippen LogP contribution in [0.15, 0.2) is 84.9 Å². The van der Waals surface area contributed by atoms with E-state index in [-0.39, 0.29) is 12.4 Å². The summed E-state index contributed by atoms with van der Waals surface area (Å²) in [6.07, 6.45) is 2.29. The molecule has 0 radical (unpaired) electrons. The van der Waals surface area contributed by atoms with Gasteiger partial charge in [0.05, 0.1) is 0 Å². The molecule has 6 nitrogen and oxygen atoms in total. The fourth-order valence-electron chi connectivity index (χ4n) is 3.19. The lowest BCUT2D eigenvalue weighted by Gasteiger charge is -2.17. The fraction of sp³-hybridized carbons (Fsp3) is 0.222. The summed E-state index contributed by atoms with van der Waals surface area (Å²) < 4.78 is 10.7. The predicted molar refractivity (Wildman–Crippen MR) is 134 cm³/mol. The summed E-state index contributed by atoms with van der Waals surface area (Å²) >= 11 is 1.55. The molecule has 0 saturated carbocycles. The lowest BCUT2D eigenvalue weighted by molar-refractivity contribution is -0.147. The molecule has 3 aromatic carbocycles. The molecule has 0 aromatic heterocycles. The van der Waals surface area contributed by atoms with Gasteiger partial charge in [0.2, 0.25) is 0 Å². The molecule has 176 valence electrons. The summed E-state index contributed by atoms with van der Waals surface area (Å²) in [4.78, 5) is 37.4. The van der Waals surface area contributed by atoms with Crippen LogP contribution >= 0.6 is 11.8 Å². The van der Waals surface area contributed by atoms with Crippen molar-refractivity contribution in [1.29, 1.82) is 0 Å². The average molecular weight is 478 g/mol. The maximum absolute atomic E-state index is 12.6. The molecule has 34 heavy (non-hydrogen) atoms. The molecule has 3 aromatic rings. The number of hydrogen-bond donors (Lipinski definition) is 1. The first kappa shape index (κ1) is 25.1. The molecule has 1 amide bonds. The van der Waals surface area contributed by atoms with Crippen LogP contribution in [-0.4, -0.2) is 48.9 Å². The quantitative estimate of drug-likeness (QED) is 0.308. The highest BCUT2D eigenvalue weighted by Gasteiger charge is 2.23. The van der Waals surface area contributed by atoms with Gasteiger partial charge in [-0.25, -0.2) is 4.79 Å². The van der Waals surface area contributed by atoms with E-state index in [1.807, 2.05) is 54.8 Å². The molecule has 0 heterocycles. The van der Waals surface area contributed by atoms with Crippen LogP contribution in [0.4, 0.5) is 0 Å². The van der Waals surface area contributed by atoms with Crippen molar-refractivity contribution in [3.8, 4) is 16.9 Å². The number of carbonyl (C=O) groups is 3. The van der Waals surface area contributed by atoms with Crippen molar-refractivity contribution in [2.75, 3.05) is 25.2 Å². The number of esters is 1. The van der Waals surface area contributed by atoms with Crippen LogP contribution in [0.3, 0.4) is 0 Å². The second-order valence-corrected chi connectivity index (χ2v) is 8.46. The molecular weight excluding hydrogens is 450 g/mol. The Morgan fingerprint density at radius 2 is 1.44 bits per heavy atom. The van der Waals surface area contributed by atoms with Crippen LogP contribution in [-0.2, 0) is 14.3 Å². The number of rotatable bonds is 12. The van der Waals surface area contributed by atoms with Gasteiger partial charge in [-0.05, 0) is 41.7 Å². The van der Waals surface area contributed by atoms with Gasteiger partial charge in [-0.1, -0.05) is 72.8 Å². The van der Waals surface area contributed by atoms with Gasteiger partial charge in [0.25, 0.3) is 5.91 Å². The Morgan fingerprint density at radius 3 is 2.09 bits per heavy atom. The van der Waals surface area contributed by atoms with Crippen molar-refractivity contribution in [3.63, 3.8) is 0 Å². The molecule has 1 atom stereocenters. The van der Waals surface area contributed by atoms with Crippen molar-refractivity contribution in [3.05, 3.63) is 90.5 Å². The molecule has 3 rings (SSSR count). The van der Waals surface area contributed by atoms with Crippen molar-refractivity contribution >= 4 is 29.4 Å². The average Bonchev–Trinajstić information content (AvgIpc) is 2.89. The van der Waals surface area contributed by atoms with Gasteiger partial charge in [0.15, 0.2) is 19.0 Å². The fourth-order valence-corrected chi connectivity index (χ4v) is 3.66. The Kier molecular flexibility index (Phi) is 9.73. The second-order valence-electron chi connectivity index (χ2n) is 7.48. The first-order chi connectivity index (χ1) is 16.6. The van der Waals surface area contributed by atoms with E-state index in [1.165, 1.54) is 0 Å². The number of nitrogens with one attached hydrogen (secondary N) is 1. The zero-order valence-electron chi connectivity index (χ0n) is 18.9. The van der Waals surface area contributed by atoms with E-state index in [0.717, 1.165) is 11.1 Å². The summed E-state index contributed by atoms with van der Waals surface area (Å²) in [5.74, 6) is -0.180. The summed E-state index contributed by atoms with van der Waals surface area (Å²) in [6, 6.07) is 25.1. The zero-order valence-corrected chi connectivity index (χ0v) is 19.8. The molecule has 0 saturated heterocycles. The monoisotopic (exact) mass is 477 g/mol.